The molecule has 0 rings (SSSR count). The van der Waals surface area contributed by atoms with Gasteiger partial charge in [-0.3, -0.25) is 4.79 Å². The number of rotatable bonds is 16. The summed E-state index contributed by atoms with van der Waals surface area (Å²) >= 11 is 0. The predicted molar refractivity (Wildman–Crippen MR) is 105 cm³/mol. The molecule has 0 unspecified atom stereocenters. The first-order chi connectivity index (χ1) is 12.3. The fourth-order valence-corrected chi connectivity index (χ4v) is 3.37. The van der Waals surface area contributed by atoms with Crippen molar-refractivity contribution in [2.24, 2.45) is 10.8 Å². The summed E-state index contributed by atoms with van der Waals surface area (Å²) in [6.07, 6.45) is 11.3. The van der Waals surface area contributed by atoms with Crippen LogP contribution in [0.5, 0.6) is 0 Å². The molecule has 0 aromatic heterocycles. The van der Waals surface area contributed by atoms with Gasteiger partial charge in [0.1, 0.15) is 0 Å². The van der Waals surface area contributed by atoms with E-state index in [0.29, 0.717) is 6.42 Å². The van der Waals surface area contributed by atoms with Crippen LogP contribution in [0.1, 0.15) is 105 Å². The molecule has 0 aromatic carbocycles. The van der Waals surface area contributed by atoms with Crippen LogP contribution >= 0.6 is 0 Å². The Morgan fingerprint density at radius 1 is 0.667 bits per heavy atom. The van der Waals surface area contributed by atoms with Gasteiger partial charge in [-0.1, -0.05) is 85.5 Å². The third kappa shape index (κ3) is 10.7. The van der Waals surface area contributed by atoms with Gasteiger partial charge in [0.15, 0.2) is 0 Å². The predicted octanol–water partition coefficient (Wildman–Crippen LogP) is 4.57. The Labute approximate surface area is 164 Å². The molecule has 160 valence electrons. The largest absolute Gasteiger partial charge is 0.481 e. The molecule has 0 bridgehead atoms. The lowest BCUT2D eigenvalue weighted by Gasteiger charge is -2.34. The monoisotopic (exact) mass is 388 g/mol. The molecule has 0 saturated heterocycles. The molecule has 0 atom stereocenters. The minimum Gasteiger partial charge on any atom is -0.481 e. The molecule has 6 nitrogen and oxygen atoms in total. The summed E-state index contributed by atoms with van der Waals surface area (Å²) in [4.78, 5) is 21.7. The quantitative estimate of drug-likeness (QED) is 0.227. The summed E-state index contributed by atoms with van der Waals surface area (Å²) in [6, 6.07) is 0. The minimum absolute atomic E-state index is 0.124. The first kappa shape index (κ1) is 25.9. The van der Waals surface area contributed by atoms with Crippen molar-refractivity contribution in [2.45, 2.75) is 111 Å². The fraction of sp³-hybridized carbons (Fsp3) is 0.905. The van der Waals surface area contributed by atoms with Gasteiger partial charge in [-0.15, -0.1) is 0 Å². The van der Waals surface area contributed by atoms with Crippen LogP contribution in [0.15, 0.2) is 0 Å². The number of unbranched alkanes of at least 4 members (excludes halogenated alkanes) is 8. The number of aliphatic carboxylic acids is 2. The highest BCUT2D eigenvalue weighted by Crippen LogP contribution is 2.35. The van der Waals surface area contributed by atoms with Crippen LogP contribution in [0.25, 0.3) is 0 Å². The molecule has 0 aliphatic carbocycles. The van der Waals surface area contributed by atoms with Crippen molar-refractivity contribution in [3.63, 3.8) is 0 Å². The van der Waals surface area contributed by atoms with Gasteiger partial charge in [0.2, 0.25) is 0 Å². The topological polar surface area (TPSA) is 115 Å². The molecule has 27 heavy (non-hydrogen) atoms. The molecule has 0 aromatic rings. The fourth-order valence-electron chi connectivity index (χ4n) is 3.37. The zero-order valence-corrected chi connectivity index (χ0v) is 17.6. The maximum absolute atomic E-state index is 10.9. The number of carboxylic acids is 2. The third-order valence-electron chi connectivity index (χ3n) is 5.53. The second-order valence-corrected chi connectivity index (χ2v) is 9.28. The van der Waals surface area contributed by atoms with Gasteiger partial charge in [0.25, 0.3) is 5.79 Å². The molecule has 0 fully saturated rings. The highest BCUT2D eigenvalue weighted by Gasteiger charge is 2.48. The SMILES string of the molecule is CC(C)(CCCCCCCCCCCC(C)(C)C(O)(O)C(=O)O)CC(=O)O. The van der Waals surface area contributed by atoms with Crippen molar-refractivity contribution in [1.29, 1.82) is 0 Å². The average molecular weight is 389 g/mol. The van der Waals surface area contributed by atoms with Crippen LogP contribution in [-0.4, -0.2) is 38.2 Å². The summed E-state index contributed by atoms with van der Waals surface area (Å²) in [6.45, 7) is 7.16. The molecule has 0 aliphatic rings. The number of carbonyl (C=O) groups is 2. The van der Waals surface area contributed by atoms with Crippen molar-refractivity contribution in [2.75, 3.05) is 0 Å². The number of aliphatic hydroxyl groups is 2. The second-order valence-electron chi connectivity index (χ2n) is 9.28. The van der Waals surface area contributed by atoms with E-state index in [2.05, 4.69) is 0 Å². The Bertz CT molecular complexity index is 454. The Balaban J connectivity index is 3.66. The second kappa shape index (κ2) is 11.6. The van der Waals surface area contributed by atoms with E-state index in [1.54, 1.807) is 13.8 Å². The maximum Gasteiger partial charge on any atom is 0.364 e. The summed E-state index contributed by atoms with van der Waals surface area (Å²) in [5, 5.41) is 37.1. The van der Waals surface area contributed by atoms with Crippen LogP contribution < -0.4 is 0 Å². The minimum atomic E-state index is -2.69. The van der Waals surface area contributed by atoms with Crippen LogP contribution in [0.4, 0.5) is 0 Å². The lowest BCUT2D eigenvalue weighted by Crippen LogP contribution is -2.51. The Kier molecular flexibility index (Phi) is 11.2. The van der Waals surface area contributed by atoms with E-state index in [1.807, 2.05) is 13.8 Å². The molecule has 0 saturated carbocycles. The van der Waals surface area contributed by atoms with Crippen molar-refractivity contribution in [3.8, 4) is 0 Å². The van der Waals surface area contributed by atoms with E-state index in [1.165, 1.54) is 19.3 Å². The van der Waals surface area contributed by atoms with E-state index in [0.717, 1.165) is 44.9 Å². The number of carboxylic acid groups (broad SMARTS) is 2. The van der Waals surface area contributed by atoms with Gasteiger partial charge in [0, 0.05) is 5.41 Å². The van der Waals surface area contributed by atoms with Gasteiger partial charge < -0.3 is 20.4 Å². The standard InChI is InChI=1S/C21H40O6/c1-19(2,16-17(22)23)14-12-10-8-6-5-7-9-11-13-15-20(3,4)21(26,27)18(24)25/h26-27H,5-16H2,1-4H3,(H,22,23)(H,24,25). The normalized spacial score (nSPS) is 13.0. The molecule has 0 radical (unpaired) electrons. The smallest absolute Gasteiger partial charge is 0.364 e. The van der Waals surface area contributed by atoms with Crippen LogP contribution in [0, 0.1) is 10.8 Å². The Hall–Kier alpha value is -1.14. The van der Waals surface area contributed by atoms with E-state index in [4.69, 9.17) is 10.2 Å². The summed E-state index contributed by atoms with van der Waals surface area (Å²) < 4.78 is 0. The van der Waals surface area contributed by atoms with E-state index in [-0.39, 0.29) is 11.8 Å². The lowest BCUT2D eigenvalue weighted by molar-refractivity contribution is -0.243. The van der Waals surface area contributed by atoms with E-state index >= 15 is 0 Å². The van der Waals surface area contributed by atoms with Crippen LogP contribution in [0.3, 0.4) is 0 Å². The van der Waals surface area contributed by atoms with Gasteiger partial charge in [0.05, 0.1) is 6.42 Å². The highest BCUT2D eigenvalue weighted by molar-refractivity contribution is 5.75. The zero-order chi connectivity index (χ0) is 21.1. The Morgan fingerprint density at radius 3 is 1.41 bits per heavy atom. The van der Waals surface area contributed by atoms with Crippen molar-refractivity contribution >= 4 is 11.9 Å². The summed E-state index contributed by atoms with van der Waals surface area (Å²) in [5.74, 6) is -5.01. The van der Waals surface area contributed by atoms with Crippen LogP contribution in [-0.2, 0) is 9.59 Å². The highest BCUT2D eigenvalue weighted by atomic mass is 16.5. The molecule has 0 heterocycles. The first-order valence-electron chi connectivity index (χ1n) is 10.2. The van der Waals surface area contributed by atoms with Gasteiger partial charge in [-0.05, 0) is 18.3 Å². The molecular formula is C21H40O6. The molecule has 6 heteroatoms. The lowest BCUT2D eigenvalue weighted by atomic mass is 9.78. The van der Waals surface area contributed by atoms with Gasteiger partial charge in [-0.2, -0.15) is 0 Å². The maximum atomic E-state index is 10.9. The molecular weight excluding hydrogens is 348 g/mol. The third-order valence-corrected chi connectivity index (χ3v) is 5.53. The molecule has 0 amide bonds. The Morgan fingerprint density at radius 2 is 1.04 bits per heavy atom. The molecule has 0 aliphatic heterocycles. The van der Waals surface area contributed by atoms with E-state index < -0.39 is 23.1 Å². The van der Waals surface area contributed by atoms with E-state index in [9.17, 15) is 19.8 Å². The summed E-state index contributed by atoms with van der Waals surface area (Å²) in [7, 11) is 0. The van der Waals surface area contributed by atoms with Crippen molar-refractivity contribution in [1.82, 2.24) is 0 Å². The molecule has 4 N–H and O–H groups in total. The zero-order valence-electron chi connectivity index (χ0n) is 17.6. The number of hydrogen-bond acceptors (Lipinski definition) is 4. The summed E-state index contributed by atoms with van der Waals surface area (Å²) in [5.41, 5.74) is -1.20. The van der Waals surface area contributed by atoms with Crippen LogP contribution in [0.2, 0.25) is 0 Å². The number of hydrogen-bond donors (Lipinski definition) is 4. The average Bonchev–Trinajstić information content (AvgIpc) is 2.50. The molecule has 0 spiro atoms. The van der Waals surface area contributed by atoms with Crippen molar-refractivity contribution in [3.05, 3.63) is 0 Å². The first-order valence-corrected chi connectivity index (χ1v) is 10.2. The van der Waals surface area contributed by atoms with Crippen molar-refractivity contribution < 1.29 is 30.0 Å². The van der Waals surface area contributed by atoms with Gasteiger partial charge >= 0.3 is 11.9 Å². The van der Waals surface area contributed by atoms with Gasteiger partial charge in [-0.25, -0.2) is 4.79 Å².